The lowest BCUT2D eigenvalue weighted by atomic mass is 9.85. The maximum absolute atomic E-state index is 5.71. The van der Waals surface area contributed by atoms with Crippen molar-refractivity contribution in [1.29, 1.82) is 0 Å². The summed E-state index contributed by atoms with van der Waals surface area (Å²) in [6.45, 7) is 2.04. The standard InChI is InChI=1S/C15H28N4/c1-12-10-15(19(2)18-12)11-14(17-16)9-8-13-6-4-3-5-7-13/h10,13-14,17H,3-9,11,16H2,1-2H3. The van der Waals surface area contributed by atoms with Crippen molar-refractivity contribution in [3.05, 3.63) is 17.5 Å². The number of hydrogen-bond donors (Lipinski definition) is 2. The summed E-state index contributed by atoms with van der Waals surface area (Å²) >= 11 is 0. The van der Waals surface area contributed by atoms with E-state index in [1.54, 1.807) is 0 Å². The molecule has 0 aliphatic heterocycles. The topological polar surface area (TPSA) is 55.9 Å². The van der Waals surface area contributed by atoms with Crippen molar-refractivity contribution in [2.24, 2.45) is 18.8 Å². The van der Waals surface area contributed by atoms with Crippen LogP contribution < -0.4 is 11.3 Å². The molecule has 0 radical (unpaired) electrons. The van der Waals surface area contributed by atoms with Gasteiger partial charge in [0.1, 0.15) is 0 Å². The van der Waals surface area contributed by atoms with E-state index in [0.29, 0.717) is 6.04 Å². The molecule has 3 N–H and O–H groups in total. The number of aryl methyl sites for hydroxylation is 2. The fourth-order valence-electron chi connectivity index (χ4n) is 3.26. The first-order chi connectivity index (χ1) is 9.19. The molecule has 1 aromatic rings. The van der Waals surface area contributed by atoms with Gasteiger partial charge < -0.3 is 0 Å². The molecule has 0 bridgehead atoms. The molecule has 1 aliphatic carbocycles. The lowest BCUT2D eigenvalue weighted by Gasteiger charge is -2.24. The first-order valence-electron chi connectivity index (χ1n) is 7.64. The van der Waals surface area contributed by atoms with Gasteiger partial charge in [-0.15, -0.1) is 0 Å². The van der Waals surface area contributed by atoms with Crippen molar-refractivity contribution >= 4 is 0 Å². The Morgan fingerprint density at radius 1 is 1.42 bits per heavy atom. The largest absolute Gasteiger partial charge is 0.272 e. The highest BCUT2D eigenvalue weighted by Crippen LogP contribution is 2.28. The van der Waals surface area contributed by atoms with E-state index in [4.69, 9.17) is 5.84 Å². The van der Waals surface area contributed by atoms with Crippen LogP contribution in [0.4, 0.5) is 0 Å². The minimum absolute atomic E-state index is 0.372. The van der Waals surface area contributed by atoms with E-state index in [1.165, 1.54) is 50.6 Å². The third-order valence-corrected chi connectivity index (χ3v) is 4.44. The van der Waals surface area contributed by atoms with Crippen molar-refractivity contribution in [3.63, 3.8) is 0 Å². The second-order valence-corrected chi connectivity index (χ2v) is 6.05. The van der Waals surface area contributed by atoms with Gasteiger partial charge in [-0.3, -0.25) is 16.0 Å². The van der Waals surface area contributed by atoms with Crippen LogP contribution in [-0.4, -0.2) is 15.8 Å². The number of nitrogens with zero attached hydrogens (tertiary/aromatic N) is 2. The quantitative estimate of drug-likeness (QED) is 0.613. The molecule has 0 aromatic carbocycles. The number of hydrazine groups is 1. The SMILES string of the molecule is Cc1cc(CC(CCC2CCCCC2)NN)n(C)n1. The molecule has 108 valence electrons. The average molecular weight is 264 g/mol. The van der Waals surface area contributed by atoms with Crippen LogP contribution in [0.3, 0.4) is 0 Å². The molecule has 19 heavy (non-hydrogen) atoms. The predicted octanol–water partition coefficient (Wildman–Crippen LogP) is 2.46. The minimum atomic E-state index is 0.372. The number of nitrogens with two attached hydrogens (primary N) is 1. The molecular formula is C15H28N4. The Bertz CT molecular complexity index is 379. The van der Waals surface area contributed by atoms with Crippen LogP contribution in [0.25, 0.3) is 0 Å². The molecule has 1 unspecified atom stereocenters. The minimum Gasteiger partial charge on any atom is -0.272 e. The number of hydrogen-bond acceptors (Lipinski definition) is 3. The van der Waals surface area contributed by atoms with Crippen molar-refractivity contribution in [2.75, 3.05) is 0 Å². The van der Waals surface area contributed by atoms with E-state index in [0.717, 1.165) is 18.0 Å². The number of rotatable bonds is 6. The maximum Gasteiger partial charge on any atom is 0.0596 e. The summed E-state index contributed by atoms with van der Waals surface area (Å²) in [5.74, 6) is 6.64. The lowest BCUT2D eigenvalue weighted by molar-refractivity contribution is 0.312. The van der Waals surface area contributed by atoms with Gasteiger partial charge in [0.25, 0.3) is 0 Å². The summed E-state index contributed by atoms with van der Waals surface area (Å²) in [4.78, 5) is 0. The van der Waals surface area contributed by atoms with Gasteiger partial charge in [0, 0.05) is 25.2 Å². The highest BCUT2D eigenvalue weighted by molar-refractivity contribution is 5.09. The third kappa shape index (κ3) is 4.32. The van der Waals surface area contributed by atoms with Gasteiger partial charge in [-0.2, -0.15) is 5.10 Å². The Morgan fingerprint density at radius 2 is 2.16 bits per heavy atom. The van der Waals surface area contributed by atoms with Gasteiger partial charge in [0.15, 0.2) is 0 Å². The van der Waals surface area contributed by atoms with E-state index < -0.39 is 0 Å². The molecule has 1 aromatic heterocycles. The molecule has 0 spiro atoms. The third-order valence-electron chi connectivity index (χ3n) is 4.44. The molecular weight excluding hydrogens is 236 g/mol. The Kier molecular flexibility index (Phi) is 5.40. The predicted molar refractivity (Wildman–Crippen MR) is 78.6 cm³/mol. The van der Waals surface area contributed by atoms with Gasteiger partial charge in [-0.05, 0) is 31.7 Å². The Balaban J connectivity index is 1.81. The van der Waals surface area contributed by atoms with Crippen LogP contribution in [0.1, 0.15) is 56.3 Å². The second-order valence-electron chi connectivity index (χ2n) is 6.05. The normalized spacial score (nSPS) is 18.7. The highest BCUT2D eigenvalue weighted by atomic mass is 15.3. The molecule has 1 aliphatic rings. The second kappa shape index (κ2) is 7.06. The van der Waals surface area contributed by atoms with E-state index in [-0.39, 0.29) is 0 Å². The zero-order valence-electron chi connectivity index (χ0n) is 12.4. The van der Waals surface area contributed by atoms with E-state index in [2.05, 4.69) is 16.6 Å². The highest BCUT2D eigenvalue weighted by Gasteiger charge is 2.17. The van der Waals surface area contributed by atoms with Gasteiger partial charge in [-0.1, -0.05) is 32.1 Å². The van der Waals surface area contributed by atoms with E-state index in [1.807, 2.05) is 18.7 Å². The van der Waals surface area contributed by atoms with Crippen molar-refractivity contribution in [2.45, 2.75) is 64.3 Å². The van der Waals surface area contributed by atoms with Crippen LogP contribution in [0.5, 0.6) is 0 Å². The van der Waals surface area contributed by atoms with E-state index in [9.17, 15) is 0 Å². The number of aromatic nitrogens is 2. The first-order valence-corrected chi connectivity index (χ1v) is 7.64. The Hall–Kier alpha value is -0.870. The molecule has 2 rings (SSSR count). The molecule has 1 fully saturated rings. The monoisotopic (exact) mass is 264 g/mol. The molecule has 1 saturated carbocycles. The molecule has 0 saturated heterocycles. The van der Waals surface area contributed by atoms with E-state index >= 15 is 0 Å². The van der Waals surface area contributed by atoms with Crippen LogP contribution in [0.2, 0.25) is 0 Å². The molecule has 0 amide bonds. The molecule has 1 atom stereocenters. The summed E-state index contributed by atoms with van der Waals surface area (Å²) in [7, 11) is 2.01. The van der Waals surface area contributed by atoms with Crippen LogP contribution in [0.15, 0.2) is 6.07 Å². The summed E-state index contributed by atoms with van der Waals surface area (Å²) < 4.78 is 1.97. The van der Waals surface area contributed by atoms with Crippen LogP contribution in [0, 0.1) is 12.8 Å². The van der Waals surface area contributed by atoms with Gasteiger partial charge in [-0.25, -0.2) is 0 Å². The first kappa shape index (κ1) is 14.5. The van der Waals surface area contributed by atoms with Gasteiger partial charge in [0.05, 0.1) is 5.69 Å². The summed E-state index contributed by atoms with van der Waals surface area (Å²) in [5.41, 5.74) is 5.34. The summed E-state index contributed by atoms with van der Waals surface area (Å²) in [6, 6.07) is 2.53. The number of nitrogens with one attached hydrogen (secondary N) is 1. The van der Waals surface area contributed by atoms with Crippen molar-refractivity contribution in [3.8, 4) is 0 Å². The van der Waals surface area contributed by atoms with Gasteiger partial charge in [0.2, 0.25) is 0 Å². The zero-order chi connectivity index (χ0) is 13.7. The molecule has 4 nitrogen and oxygen atoms in total. The van der Waals surface area contributed by atoms with Crippen molar-refractivity contribution < 1.29 is 0 Å². The van der Waals surface area contributed by atoms with Crippen molar-refractivity contribution in [1.82, 2.24) is 15.2 Å². The smallest absolute Gasteiger partial charge is 0.0596 e. The Labute approximate surface area is 116 Å². The summed E-state index contributed by atoms with van der Waals surface area (Å²) in [6.07, 6.45) is 10.6. The zero-order valence-corrected chi connectivity index (χ0v) is 12.4. The van der Waals surface area contributed by atoms with Gasteiger partial charge >= 0.3 is 0 Å². The maximum atomic E-state index is 5.71. The van der Waals surface area contributed by atoms with Crippen LogP contribution >= 0.6 is 0 Å². The summed E-state index contributed by atoms with van der Waals surface area (Å²) in [5, 5.41) is 4.40. The Morgan fingerprint density at radius 3 is 2.74 bits per heavy atom. The average Bonchev–Trinajstić information content (AvgIpc) is 2.74. The molecule has 1 heterocycles. The lowest BCUT2D eigenvalue weighted by Crippen LogP contribution is -2.37. The fourth-order valence-corrected chi connectivity index (χ4v) is 3.26. The molecule has 4 heteroatoms. The fraction of sp³-hybridized carbons (Fsp3) is 0.800. The van der Waals surface area contributed by atoms with Crippen LogP contribution in [-0.2, 0) is 13.5 Å².